The Morgan fingerprint density at radius 3 is 3.07 bits per heavy atom. The third-order valence-corrected chi connectivity index (χ3v) is 2.78. The molecule has 0 aromatic heterocycles. The van der Waals surface area contributed by atoms with E-state index in [4.69, 9.17) is 17.3 Å². The Morgan fingerprint density at radius 2 is 2.36 bits per heavy atom. The summed E-state index contributed by atoms with van der Waals surface area (Å²) in [6.45, 7) is 4.01. The van der Waals surface area contributed by atoms with E-state index in [2.05, 4.69) is 11.0 Å². The molecule has 1 aromatic carbocycles. The molecule has 1 unspecified atom stereocenters. The molecule has 0 bridgehead atoms. The second kappa shape index (κ2) is 3.79. The topological polar surface area (TPSA) is 29.3 Å². The van der Waals surface area contributed by atoms with E-state index in [1.807, 2.05) is 19.1 Å². The lowest BCUT2D eigenvalue weighted by Crippen LogP contribution is -2.34. The first-order valence-corrected chi connectivity index (χ1v) is 5.33. The van der Waals surface area contributed by atoms with Crippen LogP contribution in [0.25, 0.3) is 0 Å². The van der Waals surface area contributed by atoms with Crippen LogP contribution in [0.3, 0.4) is 0 Å². The number of benzene rings is 1. The van der Waals surface area contributed by atoms with Crippen LogP contribution in [-0.2, 0) is 6.42 Å². The number of nitrogens with zero attached hydrogens (tertiary/aromatic N) is 1. The number of hydrogen-bond donors (Lipinski definition) is 1. The minimum Gasteiger partial charge on any atom is -0.369 e. The summed E-state index contributed by atoms with van der Waals surface area (Å²) in [4.78, 5) is 2.31. The molecule has 0 fully saturated rings. The first-order chi connectivity index (χ1) is 6.66. The predicted molar refractivity (Wildman–Crippen MR) is 61.0 cm³/mol. The quantitative estimate of drug-likeness (QED) is 0.810. The molecular formula is C11H15ClN2. The molecule has 2 nitrogen and oxygen atoms in total. The Balaban J connectivity index is 2.24. The molecule has 1 heterocycles. The van der Waals surface area contributed by atoms with Gasteiger partial charge in [0.2, 0.25) is 0 Å². The number of fused-ring (bicyclic) bond motifs is 1. The Bertz CT molecular complexity index is 336. The van der Waals surface area contributed by atoms with Crippen molar-refractivity contribution in [3.63, 3.8) is 0 Å². The molecule has 1 atom stereocenters. The highest BCUT2D eigenvalue weighted by Crippen LogP contribution is 2.30. The first-order valence-electron chi connectivity index (χ1n) is 4.96. The number of hydrogen-bond acceptors (Lipinski definition) is 2. The van der Waals surface area contributed by atoms with Gasteiger partial charge in [-0.3, -0.25) is 0 Å². The van der Waals surface area contributed by atoms with Crippen molar-refractivity contribution in [1.82, 2.24) is 0 Å². The smallest absolute Gasteiger partial charge is 0.0426 e. The van der Waals surface area contributed by atoms with Crippen LogP contribution < -0.4 is 10.6 Å². The van der Waals surface area contributed by atoms with Crippen molar-refractivity contribution < 1.29 is 0 Å². The minimum atomic E-state index is 0.208. The zero-order valence-electron chi connectivity index (χ0n) is 8.33. The highest BCUT2D eigenvalue weighted by Gasteiger charge is 2.19. The number of rotatable bonds is 2. The monoisotopic (exact) mass is 210 g/mol. The highest BCUT2D eigenvalue weighted by atomic mass is 35.5. The van der Waals surface area contributed by atoms with Crippen molar-refractivity contribution in [2.75, 3.05) is 18.0 Å². The lowest BCUT2D eigenvalue weighted by Gasteiger charge is -2.21. The van der Waals surface area contributed by atoms with Gasteiger partial charge in [-0.25, -0.2) is 0 Å². The van der Waals surface area contributed by atoms with E-state index in [1.165, 1.54) is 11.3 Å². The van der Waals surface area contributed by atoms with Crippen molar-refractivity contribution >= 4 is 17.3 Å². The summed E-state index contributed by atoms with van der Waals surface area (Å²) in [6, 6.07) is 6.31. The molecule has 1 aromatic rings. The van der Waals surface area contributed by atoms with Crippen molar-refractivity contribution in [2.24, 2.45) is 5.73 Å². The molecule has 2 N–H and O–H groups in total. The van der Waals surface area contributed by atoms with E-state index in [0.717, 1.165) is 24.5 Å². The van der Waals surface area contributed by atoms with E-state index in [0.29, 0.717) is 0 Å². The van der Waals surface area contributed by atoms with E-state index >= 15 is 0 Å². The van der Waals surface area contributed by atoms with Crippen molar-refractivity contribution in [3.8, 4) is 0 Å². The van der Waals surface area contributed by atoms with Gasteiger partial charge in [0.05, 0.1) is 0 Å². The van der Waals surface area contributed by atoms with Crippen molar-refractivity contribution in [3.05, 3.63) is 28.8 Å². The van der Waals surface area contributed by atoms with E-state index in [-0.39, 0.29) is 6.04 Å². The summed E-state index contributed by atoms with van der Waals surface area (Å²) in [7, 11) is 0. The molecule has 2 rings (SSSR count). The second-order valence-electron chi connectivity index (χ2n) is 3.95. The standard InChI is InChI=1S/C11H15ClN2/c1-8(13)7-14-5-4-9-2-3-10(12)6-11(9)14/h2-3,6,8H,4-5,7,13H2,1H3. The van der Waals surface area contributed by atoms with Crippen LogP contribution in [0.4, 0.5) is 5.69 Å². The SMILES string of the molecule is CC(N)CN1CCc2ccc(Cl)cc21. The lowest BCUT2D eigenvalue weighted by molar-refractivity contribution is 0.693. The Morgan fingerprint density at radius 1 is 1.57 bits per heavy atom. The summed E-state index contributed by atoms with van der Waals surface area (Å²) in [5.41, 5.74) is 8.44. The third-order valence-electron chi connectivity index (χ3n) is 2.55. The summed E-state index contributed by atoms with van der Waals surface area (Å²) in [5.74, 6) is 0. The van der Waals surface area contributed by atoms with Gasteiger partial charge in [0, 0.05) is 29.8 Å². The van der Waals surface area contributed by atoms with Crippen LogP contribution in [0.2, 0.25) is 5.02 Å². The highest BCUT2D eigenvalue weighted by molar-refractivity contribution is 6.30. The zero-order valence-corrected chi connectivity index (χ0v) is 9.09. The molecule has 76 valence electrons. The van der Waals surface area contributed by atoms with Crippen LogP contribution in [0.1, 0.15) is 12.5 Å². The van der Waals surface area contributed by atoms with Crippen LogP contribution in [0.15, 0.2) is 18.2 Å². The van der Waals surface area contributed by atoms with Gasteiger partial charge in [0.15, 0.2) is 0 Å². The third kappa shape index (κ3) is 1.86. The number of nitrogens with two attached hydrogens (primary N) is 1. The molecule has 0 saturated carbocycles. The molecule has 0 amide bonds. The van der Waals surface area contributed by atoms with Gasteiger partial charge in [-0.15, -0.1) is 0 Å². The maximum atomic E-state index is 5.97. The molecule has 1 aliphatic rings. The average Bonchev–Trinajstić information content (AvgIpc) is 2.47. The van der Waals surface area contributed by atoms with Gasteiger partial charge in [-0.1, -0.05) is 17.7 Å². The van der Waals surface area contributed by atoms with Crippen LogP contribution in [-0.4, -0.2) is 19.1 Å². The van der Waals surface area contributed by atoms with Gasteiger partial charge in [0.25, 0.3) is 0 Å². The first kappa shape index (κ1) is 9.81. The summed E-state index contributed by atoms with van der Waals surface area (Å²) >= 11 is 5.97. The van der Waals surface area contributed by atoms with Crippen molar-refractivity contribution in [1.29, 1.82) is 0 Å². The minimum absolute atomic E-state index is 0.208. The molecule has 0 radical (unpaired) electrons. The zero-order chi connectivity index (χ0) is 10.1. The van der Waals surface area contributed by atoms with Crippen LogP contribution in [0.5, 0.6) is 0 Å². The fourth-order valence-electron chi connectivity index (χ4n) is 1.96. The Hall–Kier alpha value is -0.730. The maximum Gasteiger partial charge on any atom is 0.0426 e. The molecule has 1 aliphatic heterocycles. The van der Waals surface area contributed by atoms with Gasteiger partial charge < -0.3 is 10.6 Å². The molecule has 14 heavy (non-hydrogen) atoms. The maximum absolute atomic E-state index is 5.97. The lowest BCUT2D eigenvalue weighted by atomic mass is 10.2. The molecule has 0 aliphatic carbocycles. The van der Waals surface area contributed by atoms with Crippen LogP contribution in [0, 0.1) is 0 Å². The number of halogens is 1. The molecule has 0 spiro atoms. The fraction of sp³-hybridized carbons (Fsp3) is 0.455. The second-order valence-corrected chi connectivity index (χ2v) is 4.38. The Labute approximate surface area is 89.7 Å². The number of anilines is 1. The van der Waals surface area contributed by atoms with Gasteiger partial charge in [-0.2, -0.15) is 0 Å². The van der Waals surface area contributed by atoms with Crippen LogP contribution >= 0.6 is 11.6 Å². The predicted octanol–water partition coefficient (Wildman–Crippen LogP) is 2.05. The summed E-state index contributed by atoms with van der Waals surface area (Å²) in [6.07, 6.45) is 1.11. The van der Waals surface area contributed by atoms with Crippen molar-refractivity contribution in [2.45, 2.75) is 19.4 Å². The molecule has 0 saturated heterocycles. The van der Waals surface area contributed by atoms with Gasteiger partial charge >= 0.3 is 0 Å². The average molecular weight is 211 g/mol. The Kier molecular flexibility index (Phi) is 2.66. The van der Waals surface area contributed by atoms with Gasteiger partial charge in [0.1, 0.15) is 0 Å². The largest absolute Gasteiger partial charge is 0.369 e. The van der Waals surface area contributed by atoms with Gasteiger partial charge in [-0.05, 0) is 31.0 Å². The molecule has 3 heteroatoms. The molecular weight excluding hydrogens is 196 g/mol. The fourth-order valence-corrected chi connectivity index (χ4v) is 2.12. The summed E-state index contributed by atoms with van der Waals surface area (Å²) < 4.78 is 0. The van der Waals surface area contributed by atoms with E-state index < -0.39 is 0 Å². The normalized spacial score (nSPS) is 16.9. The van der Waals surface area contributed by atoms with E-state index in [9.17, 15) is 0 Å². The van der Waals surface area contributed by atoms with E-state index in [1.54, 1.807) is 0 Å². The summed E-state index contributed by atoms with van der Waals surface area (Å²) in [5, 5.41) is 0.806.